The first-order valence-corrected chi connectivity index (χ1v) is 5.84. The topological polar surface area (TPSA) is 73.9 Å². The van der Waals surface area contributed by atoms with Crippen molar-refractivity contribution in [3.63, 3.8) is 0 Å². The molecule has 0 atom stereocenters. The van der Waals surface area contributed by atoms with Gasteiger partial charge in [-0.15, -0.1) is 0 Å². The minimum atomic E-state index is -1.20. The fraction of sp³-hybridized carbons (Fsp3) is 0.769. The fourth-order valence-corrected chi connectivity index (χ4v) is 1.71. The highest BCUT2D eigenvalue weighted by Gasteiger charge is 2.40. The van der Waals surface area contributed by atoms with E-state index in [1.54, 1.807) is 20.8 Å². The van der Waals surface area contributed by atoms with Gasteiger partial charge in [-0.1, -0.05) is 12.8 Å². The Labute approximate surface area is 102 Å². The number of rotatable bonds is 4. The Bertz CT molecular complexity index is 364. The standard InChI is InChI=1S/C13H18N2O2/c1-12(2,3)17-11(16)7-13(8-14,9-15)6-10-4-5-10/h10H,4-7H2,1-3H3. The Morgan fingerprint density at radius 3 is 2.18 bits per heavy atom. The molecule has 0 aromatic rings. The molecule has 0 N–H and O–H groups in total. The van der Waals surface area contributed by atoms with Crippen molar-refractivity contribution >= 4 is 5.97 Å². The summed E-state index contributed by atoms with van der Waals surface area (Å²) in [5, 5.41) is 18.2. The van der Waals surface area contributed by atoms with E-state index in [0.717, 1.165) is 12.8 Å². The smallest absolute Gasteiger partial charge is 0.309 e. The van der Waals surface area contributed by atoms with Crippen LogP contribution in [0.15, 0.2) is 0 Å². The van der Waals surface area contributed by atoms with E-state index < -0.39 is 17.0 Å². The largest absolute Gasteiger partial charge is 0.460 e. The molecule has 1 aliphatic rings. The summed E-state index contributed by atoms with van der Waals surface area (Å²) in [7, 11) is 0. The van der Waals surface area contributed by atoms with Crippen LogP contribution < -0.4 is 0 Å². The number of nitrogens with zero attached hydrogens (tertiary/aromatic N) is 2. The van der Waals surface area contributed by atoms with Crippen LogP contribution in [0.5, 0.6) is 0 Å². The van der Waals surface area contributed by atoms with Gasteiger partial charge in [0.25, 0.3) is 0 Å². The van der Waals surface area contributed by atoms with Gasteiger partial charge in [0.15, 0.2) is 5.41 Å². The Hall–Kier alpha value is -1.55. The van der Waals surface area contributed by atoms with Crippen LogP contribution in [0.4, 0.5) is 0 Å². The summed E-state index contributed by atoms with van der Waals surface area (Å²) in [6, 6.07) is 3.98. The van der Waals surface area contributed by atoms with Gasteiger partial charge >= 0.3 is 5.97 Å². The van der Waals surface area contributed by atoms with Crippen molar-refractivity contribution in [3.05, 3.63) is 0 Å². The highest BCUT2D eigenvalue weighted by molar-refractivity contribution is 5.72. The molecular weight excluding hydrogens is 216 g/mol. The molecular formula is C13H18N2O2. The van der Waals surface area contributed by atoms with Crippen molar-refractivity contribution < 1.29 is 9.53 Å². The Morgan fingerprint density at radius 2 is 1.82 bits per heavy atom. The lowest BCUT2D eigenvalue weighted by Crippen LogP contribution is -2.29. The van der Waals surface area contributed by atoms with E-state index in [2.05, 4.69) is 0 Å². The number of esters is 1. The van der Waals surface area contributed by atoms with Crippen LogP contribution in [0.3, 0.4) is 0 Å². The van der Waals surface area contributed by atoms with Crippen LogP contribution in [0.2, 0.25) is 0 Å². The maximum atomic E-state index is 11.7. The quantitative estimate of drug-likeness (QED) is 0.700. The summed E-state index contributed by atoms with van der Waals surface area (Å²) in [6.07, 6.45) is 2.46. The molecule has 0 aliphatic heterocycles. The molecule has 0 amide bonds. The van der Waals surface area contributed by atoms with Crippen LogP contribution >= 0.6 is 0 Å². The first-order chi connectivity index (χ1) is 7.80. The number of hydrogen-bond donors (Lipinski definition) is 0. The van der Waals surface area contributed by atoms with Crippen molar-refractivity contribution in [3.8, 4) is 12.1 Å². The molecule has 92 valence electrons. The average Bonchev–Trinajstić information content (AvgIpc) is 2.97. The molecule has 1 fully saturated rings. The first kappa shape index (κ1) is 13.5. The predicted octanol–water partition coefficient (Wildman–Crippen LogP) is 2.55. The van der Waals surface area contributed by atoms with Crippen molar-refractivity contribution in [2.45, 2.75) is 52.1 Å². The summed E-state index contributed by atoms with van der Waals surface area (Å²) in [4.78, 5) is 11.7. The van der Waals surface area contributed by atoms with Crippen molar-refractivity contribution in [2.75, 3.05) is 0 Å². The van der Waals surface area contributed by atoms with Crippen molar-refractivity contribution in [2.24, 2.45) is 11.3 Å². The molecule has 1 saturated carbocycles. The summed E-state index contributed by atoms with van der Waals surface area (Å²) < 4.78 is 5.16. The molecule has 4 heteroatoms. The highest BCUT2D eigenvalue weighted by atomic mass is 16.6. The van der Waals surface area contributed by atoms with Gasteiger partial charge in [0.2, 0.25) is 0 Å². The number of carbonyl (C=O) groups is 1. The Morgan fingerprint density at radius 1 is 1.29 bits per heavy atom. The molecule has 0 unspecified atom stereocenters. The third kappa shape index (κ3) is 4.44. The van der Waals surface area contributed by atoms with E-state index in [4.69, 9.17) is 15.3 Å². The Balaban J connectivity index is 2.64. The molecule has 0 heterocycles. The predicted molar refractivity (Wildman–Crippen MR) is 61.5 cm³/mol. The van der Waals surface area contributed by atoms with E-state index >= 15 is 0 Å². The van der Waals surface area contributed by atoms with Crippen molar-refractivity contribution in [1.82, 2.24) is 0 Å². The van der Waals surface area contributed by atoms with Gasteiger partial charge in [-0.2, -0.15) is 10.5 Å². The van der Waals surface area contributed by atoms with Crippen molar-refractivity contribution in [1.29, 1.82) is 10.5 Å². The second kappa shape index (κ2) is 4.75. The molecule has 0 bridgehead atoms. The lowest BCUT2D eigenvalue weighted by Gasteiger charge is -2.23. The summed E-state index contributed by atoms with van der Waals surface area (Å²) >= 11 is 0. The van der Waals surface area contributed by atoms with E-state index in [0.29, 0.717) is 12.3 Å². The van der Waals surface area contributed by atoms with Crippen LogP contribution in [0, 0.1) is 34.0 Å². The van der Waals surface area contributed by atoms with E-state index in [1.807, 2.05) is 12.1 Å². The lowest BCUT2D eigenvalue weighted by atomic mass is 9.82. The highest BCUT2D eigenvalue weighted by Crippen LogP contribution is 2.41. The zero-order valence-corrected chi connectivity index (χ0v) is 10.6. The van der Waals surface area contributed by atoms with Gasteiger partial charge in [0, 0.05) is 0 Å². The first-order valence-electron chi connectivity index (χ1n) is 5.84. The number of nitriles is 2. The molecule has 1 aliphatic carbocycles. The van der Waals surface area contributed by atoms with Crippen LogP contribution in [-0.2, 0) is 9.53 Å². The molecule has 0 aromatic heterocycles. The zero-order valence-electron chi connectivity index (χ0n) is 10.6. The normalized spacial score (nSPS) is 15.8. The third-order valence-corrected chi connectivity index (χ3v) is 2.63. The van der Waals surface area contributed by atoms with E-state index in [1.165, 1.54) is 0 Å². The average molecular weight is 234 g/mol. The molecule has 0 aromatic carbocycles. The lowest BCUT2D eigenvalue weighted by molar-refractivity contribution is -0.156. The van der Waals surface area contributed by atoms with Gasteiger partial charge < -0.3 is 4.74 Å². The summed E-state index contributed by atoms with van der Waals surface area (Å²) in [5.74, 6) is -0.0435. The fourth-order valence-electron chi connectivity index (χ4n) is 1.71. The number of hydrogen-bond acceptors (Lipinski definition) is 4. The summed E-state index contributed by atoms with van der Waals surface area (Å²) in [6.45, 7) is 5.31. The monoisotopic (exact) mass is 234 g/mol. The maximum Gasteiger partial charge on any atom is 0.309 e. The van der Waals surface area contributed by atoms with Crippen LogP contribution in [-0.4, -0.2) is 11.6 Å². The second-order valence-corrected chi connectivity index (χ2v) is 5.72. The van der Waals surface area contributed by atoms with Gasteiger partial charge in [-0.25, -0.2) is 0 Å². The van der Waals surface area contributed by atoms with E-state index in [-0.39, 0.29) is 6.42 Å². The minimum Gasteiger partial charge on any atom is -0.460 e. The molecule has 1 rings (SSSR count). The Kier molecular flexibility index (Phi) is 3.78. The molecule has 17 heavy (non-hydrogen) atoms. The SMILES string of the molecule is CC(C)(C)OC(=O)CC(C#N)(C#N)CC1CC1. The third-order valence-electron chi connectivity index (χ3n) is 2.63. The second-order valence-electron chi connectivity index (χ2n) is 5.72. The van der Waals surface area contributed by atoms with Gasteiger partial charge in [0.1, 0.15) is 5.60 Å². The summed E-state index contributed by atoms with van der Waals surface area (Å²) in [5.41, 5.74) is -1.78. The van der Waals surface area contributed by atoms with Gasteiger partial charge in [0.05, 0.1) is 18.6 Å². The van der Waals surface area contributed by atoms with Crippen LogP contribution in [0.25, 0.3) is 0 Å². The number of carbonyl (C=O) groups excluding carboxylic acids is 1. The minimum absolute atomic E-state index is 0.131. The maximum absolute atomic E-state index is 11.7. The van der Waals surface area contributed by atoms with Gasteiger partial charge in [-0.05, 0) is 33.1 Å². The van der Waals surface area contributed by atoms with E-state index in [9.17, 15) is 4.79 Å². The molecule has 0 spiro atoms. The number of ether oxygens (including phenoxy) is 1. The molecule has 4 nitrogen and oxygen atoms in total. The van der Waals surface area contributed by atoms with Gasteiger partial charge in [-0.3, -0.25) is 4.79 Å². The molecule has 0 saturated heterocycles. The molecule has 0 radical (unpaired) electrons. The zero-order chi connectivity index (χ0) is 13.1. The van der Waals surface area contributed by atoms with Crippen LogP contribution in [0.1, 0.15) is 46.5 Å².